The molecule has 0 amide bonds. The number of carbonyl (C=O) groups excluding carboxylic acids is 1. The zero-order valence-corrected chi connectivity index (χ0v) is 18.3. The Balaban J connectivity index is 2.46. The number of carbonyl (C=O) groups is 1. The average Bonchev–Trinajstić information content (AvgIpc) is 2.63. The maximum atomic E-state index is 12.2. The van der Waals surface area contributed by atoms with Crippen molar-refractivity contribution < 1.29 is 14.1 Å². The molecule has 144 valence electrons. The predicted molar refractivity (Wildman–Crippen MR) is 112 cm³/mol. The summed E-state index contributed by atoms with van der Waals surface area (Å²) in [6, 6.07) is 6.67. The van der Waals surface area contributed by atoms with E-state index in [2.05, 4.69) is 9.38 Å². The van der Waals surface area contributed by atoms with Gasteiger partial charge in [-0.25, -0.2) is 9.78 Å². The lowest BCUT2D eigenvalue weighted by atomic mass is 10.2. The highest BCUT2D eigenvalue weighted by atomic mass is 35.5. The van der Waals surface area contributed by atoms with E-state index < -0.39 is 22.1 Å². The van der Waals surface area contributed by atoms with Gasteiger partial charge >= 0.3 is 5.97 Å². The van der Waals surface area contributed by atoms with Crippen LogP contribution >= 0.6 is 35.0 Å². The normalized spacial score (nSPS) is 13.0. The minimum Gasteiger partial charge on any atom is -0.591 e. The number of halogens is 2. The molecule has 0 saturated carbocycles. The third-order valence-corrected chi connectivity index (χ3v) is 6.54. The predicted octanol–water partition coefficient (Wildman–Crippen LogP) is 5.21. The van der Waals surface area contributed by atoms with Gasteiger partial charge in [-0.1, -0.05) is 39.4 Å². The Morgan fingerprint density at radius 2 is 2.04 bits per heavy atom. The maximum absolute atomic E-state index is 12.2. The molecule has 5 nitrogen and oxygen atoms in total. The van der Waals surface area contributed by atoms with E-state index in [0.717, 1.165) is 0 Å². The van der Waals surface area contributed by atoms with Crippen LogP contribution in [0, 0.1) is 0 Å². The zero-order chi connectivity index (χ0) is 20.2. The summed E-state index contributed by atoms with van der Waals surface area (Å²) in [6.07, 6.45) is 3.02. The molecule has 0 fully saturated rings. The molecule has 0 bridgehead atoms. The molecule has 2 aromatic rings. The van der Waals surface area contributed by atoms with E-state index in [9.17, 15) is 9.35 Å². The van der Waals surface area contributed by atoms with Gasteiger partial charge in [0.2, 0.25) is 0 Å². The summed E-state index contributed by atoms with van der Waals surface area (Å²) in [6.45, 7) is 5.48. The summed E-state index contributed by atoms with van der Waals surface area (Å²) in [7, 11) is 1.31. The third-order valence-electron chi connectivity index (χ3n) is 3.28. The second-order valence-corrected chi connectivity index (χ2v) is 10.1. The number of hydrogen-bond acceptors (Lipinski definition) is 6. The van der Waals surface area contributed by atoms with Crippen LogP contribution in [0.25, 0.3) is 0 Å². The molecule has 0 N–H and O–H groups in total. The van der Waals surface area contributed by atoms with Crippen LogP contribution in [0.15, 0.2) is 44.8 Å². The van der Waals surface area contributed by atoms with Gasteiger partial charge in [0.05, 0.1) is 28.9 Å². The molecule has 0 saturated heterocycles. The van der Waals surface area contributed by atoms with Crippen LogP contribution in [0.1, 0.15) is 36.7 Å². The van der Waals surface area contributed by atoms with Crippen molar-refractivity contribution in [3.05, 3.63) is 51.6 Å². The lowest BCUT2D eigenvalue weighted by Crippen LogP contribution is -2.25. The molecule has 1 atom stereocenters. The lowest BCUT2D eigenvalue weighted by Gasteiger charge is -2.18. The molecule has 1 aromatic carbocycles. The topological polar surface area (TPSA) is 74.6 Å². The van der Waals surface area contributed by atoms with Gasteiger partial charge in [-0.3, -0.25) is 0 Å². The summed E-state index contributed by atoms with van der Waals surface area (Å²) in [5.41, 5.74) is 0.838. The fourth-order valence-electron chi connectivity index (χ4n) is 1.86. The van der Waals surface area contributed by atoms with E-state index >= 15 is 0 Å². The van der Waals surface area contributed by atoms with Crippen molar-refractivity contribution in [2.24, 2.45) is 4.40 Å². The number of esters is 1. The number of ether oxygens (including phenoxy) is 1. The van der Waals surface area contributed by atoms with Crippen LogP contribution < -0.4 is 0 Å². The number of hydrogen-bond donors (Lipinski definition) is 0. The summed E-state index contributed by atoms with van der Waals surface area (Å²) in [5.74, 6) is -0.491. The molecular formula is C18H18Cl2N2O3S2. The number of rotatable bonds is 5. The minimum absolute atomic E-state index is 0.284. The molecule has 1 heterocycles. The molecule has 0 aliphatic carbocycles. The van der Waals surface area contributed by atoms with Gasteiger partial charge in [-0.2, -0.15) is 0 Å². The van der Waals surface area contributed by atoms with Gasteiger partial charge in [0.1, 0.15) is 21.1 Å². The van der Waals surface area contributed by atoms with E-state index in [1.54, 1.807) is 30.5 Å². The molecule has 9 heteroatoms. The van der Waals surface area contributed by atoms with Gasteiger partial charge in [-0.15, -0.1) is 0 Å². The van der Waals surface area contributed by atoms with Gasteiger partial charge in [0.15, 0.2) is 0 Å². The highest BCUT2D eigenvalue weighted by Gasteiger charge is 2.26. The molecule has 0 aliphatic rings. The van der Waals surface area contributed by atoms with E-state index in [1.165, 1.54) is 25.1 Å². The average molecular weight is 445 g/mol. The first-order chi connectivity index (χ1) is 12.6. The number of aromatic nitrogens is 1. The van der Waals surface area contributed by atoms with Crippen molar-refractivity contribution in [1.29, 1.82) is 0 Å². The first-order valence-electron chi connectivity index (χ1n) is 7.80. The Labute approximate surface area is 175 Å². The second-order valence-electron chi connectivity index (χ2n) is 6.32. The lowest BCUT2D eigenvalue weighted by molar-refractivity contribution is 0.0596. The fraction of sp³-hybridized carbons (Fsp3) is 0.278. The van der Waals surface area contributed by atoms with Crippen LogP contribution in [0.3, 0.4) is 0 Å². The van der Waals surface area contributed by atoms with Gasteiger partial charge < -0.3 is 9.29 Å². The van der Waals surface area contributed by atoms with Crippen LogP contribution in [-0.2, 0) is 16.1 Å². The largest absolute Gasteiger partial charge is 0.591 e. The summed E-state index contributed by atoms with van der Waals surface area (Å²) in [5, 5.41) is 1.08. The molecule has 1 unspecified atom stereocenters. The number of methoxy groups -OCH3 is 1. The molecule has 0 radical (unpaired) electrons. The van der Waals surface area contributed by atoms with E-state index in [1.807, 2.05) is 20.8 Å². The molecule has 0 spiro atoms. The molecule has 27 heavy (non-hydrogen) atoms. The van der Waals surface area contributed by atoms with Crippen LogP contribution in [0.5, 0.6) is 0 Å². The van der Waals surface area contributed by atoms with E-state index in [-0.39, 0.29) is 5.02 Å². The number of nitrogens with zero attached hydrogens (tertiary/aromatic N) is 2. The molecule has 0 aliphatic heterocycles. The second kappa shape index (κ2) is 9.30. The maximum Gasteiger partial charge on any atom is 0.340 e. The first-order valence-corrected chi connectivity index (χ1v) is 10.5. The Kier molecular flexibility index (Phi) is 7.59. The molecular weight excluding hydrogens is 427 g/mol. The standard InChI is InChI=1S/C18H18Cl2N2O3S2/c1-18(2,3)27(24)22-10-12-14(8-7-13(19)15(12)20)26-16-11(17(23)25-4)6-5-9-21-16/h5-10H,1-4H3. The quantitative estimate of drug-likeness (QED) is 0.359. The smallest absolute Gasteiger partial charge is 0.340 e. The summed E-state index contributed by atoms with van der Waals surface area (Å²) in [4.78, 5) is 16.9. The Morgan fingerprint density at radius 1 is 1.33 bits per heavy atom. The number of pyridine rings is 1. The van der Waals surface area contributed by atoms with Crippen molar-refractivity contribution in [3.63, 3.8) is 0 Å². The highest BCUT2D eigenvalue weighted by Crippen LogP contribution is 2.37. The first kappa shape index (κ1) is 22.0. The van der Waals surface area contributed by atoms with Crippen molar-refractivity contribution in [2.45, 2.75) is 35.4 Å². The Hall–Kier alpha value is -1.25. The fourth-order valence-corrected chi connectivity index (χ4v) is 3.79. The Morgan fingerprint density at radius 3 is 2.67 bits per heavy atom. The van der Waals surface area contributed by atoms with Crippen LogP contribution in [0.2, 0.25) is 10.0 Å². The Bertz CT molecular complexity index is 870. The van der Waals surface area contributed by atoms with Crippen molar-refractivity contribution in [3.8, 4) is 0 Å². The van der Waals surface area contributed by atoms with E-state index in [0.29, 0.717) is 26.1 Å². The summed E-state index contributed by atoms with van der Waals surface area (Å²) < 4.78 is 20.7. The van der Waals surface area contributed by atoms with Crippen molar-refractivity contribution >= 4 is 58.5 Å². The SMILES string of the molecule is COC(=O)c1cccnc1Sc1ccc(Cl)c(Cl)c1C=N[S+]([O-])C(C)(C)C. The van der Waals surface area contributed by atoms with Gasteiger partial charge in [-0.05, 0) is 45.0 Å². The molecule has 2 rings (SSSR count). The van der Waals surface area contributed by atoms with Crippen molar-refractivity contribution in [1.82, 2.24) is 4.98 Å². The van der Waals surface area contributed by atoms with Gasteiger partial charge in [0, 0.05) is 16.7 Å². The van der Waals surface area contributed by atoms with E-state index in [4.69, 9.17) is 27.9 Å². The van der Waals surface area contributed by atoms with Crippen molar-refractivity contribution in [2.75, 3.05) is 7.11 Å². The number of benzene rings is 1. The third kappa shape index (κ3) is 5.62. The summed E-state index contributed by atoms with van der Waals surface area (Å²) >= 11 is 12.2. The monoisotopic (exact) mass is 444 g/mol. The highest BCUT2D eigenvalue weighted by molar-refractivity contribution is 7.99. The minimum atomic E-state index is -1.45. The molecule has 1 aromatic heterocycles. The van der Waals surface area contributed by atoms with Crippen LogP contribution in [-0.4, -0.2) is 33.6 Å². The van der Waals surface area contributed by atoms with Crippen LogP contribution in [0.4, 0.5) is 0 Å². The zero-order valence-electron chi connectivity index (χ0n) is 15.2. The van der Waals surface area contributed by atoms with Gasteiger partial charge in [0.25, 0.3) is 0 Å².